The van der Waals surface area contributed by atoms with E-state index in [0.717, 1.165) is 18.2 Å². The van der Waals surface area contributed by atoms with Crippen molar-refractivity contribution in [2.75, 3.05) is 11.9 Å². The molecule has 0 saturated carbocycles. The van der Waals surface area contributed by atoms with Gasteiger partial charge in [0.25, 0.3) is 5.91 Å². The molecule has 1 N–H and O–H groups in total. The van der Waals surface area contributed by atoms with Gasteiger partial charge in [-0.15, -0.1) is 0 Å². The number of alkyl halides is 3. The summed E-state index contributed by atoms with van der Waals surface area (Å²) in [5, 5.41) is 6.13. The fourth-order valence-corrected chi connectivity index (χ4v) is 1.95. The number of hydrogen-bond acceptors (Lipinski definition) is 5. The Hall–Kier alpha value is -3.17. The highest BCUT2D eigenvalue weighted by Gasteiger charge is 2.31. The lowest BCUT2D eigenvalue weighted by atomic mass is 10.1. The molecule has 1 heterocycles. The molecule has 0 unspecified atom stereocenters. The predicted octanol–water partition coefficient (Wildman–Crippen LogP) is 2.73. The normalized spacial score (nSPS) is 11.0. The van der Waals surface area contributed by atoms with Crippen molar-refractivity contribution in [1.82, 2.24) is 14.8 Å². The maximum atomic E-state index is 12.9. The van der Waals surface area contributed by atoms with Crippen LogP contribution in [-0.2, 0) is 20.5 Å². The molecule has 0 atom stereocenters. The number of benzene rings is 1. The molecular weight excluding hydrogens is 353 g/mol. The zero-order valence-electron chi connectivity index (χ0n) is 13.9. The summed E-state index contributed by atoms with van der Waals surface area (Å²) < 4.78 is 44.7. The first-order valence-corrected chi connectivity index (χ1v) is 7.34. The van der Waals surface area contributed by atoms with Crippen molar-refractivity contribution in [2.24, 2.45) is 0 Å². The van der Waals surface area contributed by atoms with E-state index in [1.54, 1.807) is 13.8 Å². The summed E-state index contributed by atoms with van der Waals surface area (Å²) in [6.45, 7) is 2.71. The minimum Gasteiger partial charge on any atom is -0.452 e. The quantitative estimate of drug-likeness (QED) is 0.648. The second-order valence-electron chi connectivity index (χ2n) is 5.45. The van der Waals surface area contributed by atoms with Gasteiger partial charge in [0.2, 0.25) is 0 Å². The first-order valence-electron chi connectivity index (χ1n) is 7.34. The number of allylic oxidation sites excluding steroid dienone is 1. The number of halogens is 3. The van der Waals surface area contributed by atoms with E-state index in [-0.39, 0.29) is 11.4 Å². The minimum absolute atomic E-state index is 0.145. The van der Waals surface area contributed by atoms with Crippen molar-refractivity contribution in [3.8, 4) is 5.69 Å². The zero-order chi connectivity index (χ0) is 19.3. The Balaban J connectivity index is 2.21. The Morgan fingerprint density at radius 1 is 1.31 bits per heavy atom. The summed E-state index contributed by atoms with van der Waals surface area (Å²) in [6.07, 6.45) is -0.924. The molecule has 1 aromatic carbocycles. The van der Waals surface area contributed by atoms with Crippen LogP contribution in [0.5, 0.6) is 0 Å². The Labute approximate surface area is 146 Å². The Bertz CT molecular complexity index is 826. The molecule has 26 heavy (non-hydrogen) atoms. The van der Waals surface area contributed by atoms with Crippen LogP contribution in [-0.4, -0.2) is 33.2 Å². The number of nitrogens with zero attached hydrogens (tertiary/aromatic N) is 3. The van der Waals surface area contributed by atoms with Crippen LogP contribution in [0, 0.1) is 0 Å². The number of ether oxygens (including phenoxy) is 1. The number of carbonyl (C=O) groups excluding carboxylic acids is 2. The Morgan fingerprint density at radius 3 is 2.62 bits per heavy atom. The van der Waals surface area contributed by atoms with E-state index < -0.39 is 30.2 Å². The van der Waals surface area contributed by atoms with Gasteiger partial charge in [0, 0.05) is 6.08 Å². The van der Waals surface area contributed by atoms with Crippen molar-refractivity contribution in [3.05, 3.63) is 48.1 Å². The molecule has 10 heteroatoms. The molecule has 138 valence electrons. The summed E-state index contributed by atoms with van der Waals surface area (Å²) >= 11 is 0. The van der Waals surface area contributed by atoms with Crippen molar-refractivity contribution in [2.45, 2.75) is 20.0 Å². The minimum atomic E-state index is -4.59. The molecule has 0 bridgehead atoms. The molecule has 7 nitrogen and oxygen atoms in total. The zero-order valence-corrected chi connectivity index (χ0v) is 13.9. The summed E-state index contributed by atoms with van der Waals surface area (Å²) in [5.41, 5.74) is -0.229. The van der Waals surface area contributed by atoms with Gasteiger partial charge in [-0.1, -0.05) is 5.57 Å². The maximum absolute atomic E-state index is 12.9. The van der Waals surface area contributed by atoms with Crippen LogP contribution in [0.3, 0.4) is 0 Å². The average Bonchev–Trinajstić information content (AvgIpc) is 3.05. The van der Waals surface area contributed by atoms with E-state index in [4.69, 9.17) is 4.74 Å². The van der Waals surface area contributed by atoms with Crippen LogP contribution in [0.15, 0.2) is 42.5 Å². The monoisotopic (exact) mass is 368 g/mol. The molecule has 0 radical (unpaired) electrons. The van der Waals surface area contributed by atoms with Gasteiger partial charge in [-0.3, -0.25) is 4.79 Å². The van der Waals surface area contributed by atoms with E-state index in [9.17, 15) is 22.8 Å². The van der Waals surface area contributed by atoms with Crippen molar-refractivity contribution in [1.29, 1.82) is 0 Å². The number of aromatic nitrogens is 3. The Kier molecular flexibility index (Phi) is 5.75. The lowest BCUT2D eigenvalue weighted by molar-refractivity contribution is -0.142. The highest BCUT2D eigenvalue weighted by atomic mass is 19.4. The molecule has 0 fully saturated rings. The van der Waals surface area contributed by atoms with Crippen LogP contribution in [0.4, 0.5) is 18.9 Å². The summed E-state index contributed by atoms with van der Waals surface area (Å²) in [7, 11) is 0. The summed E-state index contributed by atoms with van der Waals surface area (Å²) in [5.74, 6) is -1.51. The van der Waals surface area contributed by atoms with Gasteiger partial charge >= 0.3 is 12.1 Å². The molecule has 2 rings (SSSR count). The number of esters is 1. The predicted molar refractivity (Wildman–Crippen MR) is 85.4 cm³/mol. The first-order chi connectivity index (χ1) is 12.2. The van der Waals surface area contributed by atoms with E-state index >= 15 is 0 Å². The summed E-state index contributed by atoms with van der Waals surface area (Å²) in [6, 6.07) is 2.79. The molecule has 0 aliphatic rings. The number of anilines is 1. The SMILES string of the molecule is CC(C)=CC(=O)OCC(=O)Nc1cc(C(F)(F)F)ccc1-n1cncn1. The van der Waals surface area contributed by atoms with Gasteiger partial charge in [0.1, 0.15) is 12.7 Å². The topological polar surface area (TPSA) is 86.1 Å². The molecule has 0 spiro atoms. The van der Waals surface area contributed by atoms with Gasteiger partial charge < -0.3 is 10.1 Å². The largest absolute Gasteiger partial charge is 0.452 e. The van der Waals surface area contributed by atoms with Crippen LogP contribution in [0.25, 0.3) is 5.69 Å². The second-order valence-corrected chi connectivity index (χ2v) is 5.45. The van der Waals surface area contributed by atoms with Crippen LogP contribution < -0.4 is 5.32 Å². The number of rotatable bonds is 5. The standard InChI is InChI=1S/C16H15F3N4O3/c1-10(2)5-15(25)26-7-14(24)22-12-6-11(16(17,18)19)3-4-13(12)23-9-20-8-21-23/h3-6,8-9H,7H2,1-2H3,(H,22,24). The smallest absolute Gasteiger partial charge is 0.416 e. The van der Waals surface area contributed by atoms with Crippen LogP contribution in [0.1, 0.15) is 19.4 Å². The lowest BCUT2D eigenvalue weighted by Gasteiger charge is -2.14. The number of hydrogen-bond donors (Lipinski definition) is 1. The third kappa shape index (κ3) is 5.16. The molecular formula is C16H15F3N4O3. The van der Waals surface area contributed by atoms with Gasteiger partial charge in [-0.25, -0.2) is 14.5 Å². The van der Waals surface area contributed by atoms with Crippen molar-refractivity contribution in [3.63, 3.8) is 0 Å². The lowest BCUT2D eigenvalue weighted by Crippen LogP contribution is -2.21. The molecule has 2 aromatic rings. The summed E-state index contributed by atoms with van der Waals surface area (Å²) in [4.78, 5) is 27.1. The van der Waals surface area contributed by atoms with Gasteiger partial charge in [0.15, 0.2) is 6.61 Å². The van der Waals surface area contributed by atoms with E-state index in [0.29, 0.717) is 5.57 Å². The van der Waals surface area contributed by atoms with Gasteiger partial charge in [0.05, 0.1) is 16.9 Å². The van der Waals surface area contributed by atoms with E-state index in [1.165, 1.54) is 23.4 Å². The van der Waals surface area contributed by atoms with Gasteiger partial charge in [-0.2, -0.15) is 18.3 Å². The number of carbonyl (C=O) groups is 2. The maximum Gasteiger partial charge on any atom is 0.416 e. The molecule has 0 aliphatic heterocycles. The number of amides is 1. The molecule has 0 saturated heterocycles. The average molecular weight is 368 g/mol. The second kappa shape index (κ2) is 7.81. The highest BCUT2D eigenvalue weighted by molar-refractivity contribution is 5.95. The number of nitrogens with one attached hydrogen (secondary N) is 1. The van der Waals surface area contributed by atoms with Crippen molar-refractivity contribution < 1.29 is 27.5 Å². The third-order valence-electron chi connectivity index (χ3n) is 3.02. The van der Waals surface area contributed by atoms with E-state index in [2.05, 4.69) is 15.4 Å². The third-order valence-corrected chi connectivity index (χ3v) is 3.02. The van der Waals surface area contributed by atoms with E-state index in [1.807, 2.05) is 0 Å². The molecule has 1 amide bonds. The fraction of sp³-hybridized carbons (Fsp3) is 0.250. The molecule has 0 aliphatic carbocycles. The Morgan fingerprint density at radius 2 is 2.04 bits per heavy atom. The van der Waals surface area contributed by atoms with Crippen molar-refractivity contribution >= 4 is 17.6 Å². The molecule has 1 aromatic heterocycles. The highest BCUT2D eigenvalue weighted by Crippen LogP contribution is 2.33. The first kappa shape index (κ1) is 19.2. The van der Waals surface area contributed by atoms with Gasteiger partial charge in [-0.05, 0) is 32.0 Å². The van der Waals surface area contributed by atoms with Crippen LogP contribution in [0.2, 0.25) is 0 Å². The fourth-order valence-electron chi connectivity index (χ4n) is 1.95. The van der Waals surface area contributed by atoms with Crippen LogP contribution >= 0.6 is 0 Å².